The molecule has 0 bridgehead atoms. The molecule has 15 heteroatoms. The molecule has 0 aromatic rings. The fourth-order valence-corrected chi connectivity index (χ4v) is 2.34. The van der Waals surface area contributed by atoms with E-state index in [1.165, 1.54) is 0 Å². The molecule has 4 atom stereocenters. The Morgan fingerprint density at radius 3 is 1.55 bits per heavy atom. The van der Waals surface area contributed by atoms with Crippen molar-refractivity contribution in [3.63, 3.8) is 0 Å². The SMILES string of the molecule is NC(=O)CC(NC(=O)C(CC(N)=O)NC(=O)C(CS)NC(=O)C(N)CS)C(=O)O. The van der Waals surface area contributed by atoms with Crippen molar-refractivity contribution < 1.29 is 33.9 Å². The number of nitrogens with two attached hydrogens (primary N) is 3. The van der Waals surface area contributed by atoms with Crippen LogP contribution >= 0.6 is 25.3 Å². The molecule has 0 radical (unpaired) electrons. The predicted octanol–water partition coefficient (Wildman–Crippen LogP) is -4.54. The third-order valence-electron chi connectivity index (χ3n) is 3.41. The summed E-state index contributed by atoms with van der Waals surface area (Å²) in [5, 5.41) is 15.5. The molecule has 0 saturated heterocycles. The zero-order valence-corrected chi connectivity index (χ0v) is 16.9. The molecule has 0 spiro atoms. The number of primary amides is 2. The van der Waals surface area contributed by atoms with E-state index in [4.69, 9.17) is 22.3 Å². The molecule has 0 aromatic heterocycles. The maximum Gasteiger partial charge on any atom is 0.326 e. The van der Waals surface area contributed by atoms with Crippen LogP contribution in [0.1, 0.15) is 12.8 Å². The lowest BCUT2D eigenvalue weighted by atomic mass is 10.1. The van der Waals surface area contributed by atoms with Gasteiger partial charge in [0, 0.05) is 11.5 Å². The first kappa shape index (κ1) is 26.5. The summed E-state index contributed by atoms with van der Waals surface area (Å²) in [7, 11) is 0. The second-order valence-electron chi connectivity index (χ2n) is 5.83. The Kier molecular flexibility index (Phi) is 11.7. The minimum Gasteiger partial charge on any atom is -0.480 e. The highest BCUT2D eigenvalue weighted by atomic mass is 32.1. The number of thiol groups is 2. The van der Waals surface area contributed by atoms with E-state index in [2.05, 4.69) is 35.9 Å². The van der Waals surface area contributed by atoms with Crippen LogP contribution in [0.5, 0.6) is 0 Å². The minimum absolute atomic E-state index is 0.00981. The largest absolute Gasteiger partial charge is 0.480 e. The number of aliphatic carboxylic acids is 1. The highest BCUT2D eigenvalue weighted by molar-refractivity contribution is 7.80. The van der Waals surface area contributed by atoms with Crippen LogP contribution in [0.2, 0.25) is 0 Å². The van der Waals surface area contributed by atoms with E-state index in [1.807, 2.05) is 5.32 Å². The Labute approximate surface area is 176 Å². The Balaban J connectivity index is 5.29. The van der Waals surface area contributed by atoms with Crippen LogP contribution in [0, 0.1) is 0 Å². The Bertz CT molecular complexity index is 662. The van der Waals surface area contributed by atoms with E-state index >= 15 is 0 Å². The van der Waals surface area contributed by atoms with Crippen LogP contribution in [-0.4, -0.2) is 76.3 Å². The van der Waals surface area contributed by atoms with Crippen molar-refractivity contribution in [2.75, 3.05) is 11.5 Å². The number of hydrogen-bond donors (Lipinski definition) is 9. The molecule has 0 heterocycles. The highest BCUT2D eigenvalue weighted by Crippen LogP contribution is 2.00. The monoisotopic (exact) mass is 452 g/mol. The van der Waals surface area contributed by atoms with Gasteiger partial charge in [-0.3, -0.25) is 24.0 Å². The van der Waals surface area contributed by atoms with Crippen LogP contribution in [0.4, 0.5) is 0 Å². The summed E-state index contributed by atoms with van der Waals surface area (Å²) in [6.07, 6.45) is -1.39. The fourth-order valence-electron chi connectivity index (χ4n) is 1.91. The summed E-state index contributed by atoms with van der Waals surface area (Å²) in [5.74, 6) is -6.38. The van der Waals surface area contributed by atoms with Gasteiger partial charge < -0.3 is 38.3 Å². The average molecular weight is 453 g/mol. The first-order chi connectivity index (χ1) is 13.4. The molecule has 5 amide bonds. The van der Waals surface area contributed by atoms with Gasteiger partial charge in [-0.2, -0.15) is 25.3 Å². The van der Waals surface area contributed by atoms with Crippen molar-refractivity contribution >= 4 is 60.8 Å². The van der Waals surface area contributed by atoms with E-state index < -0.39 is 72.5 Å². The van der Waals surface area contributed by atoms with Gasteiger partial charge in [0.15, 0.2) is 0 Å². The second-order valence-corrected chi connectivity index (χ2v) is 6.56. The lowest BCUT2D eigenvalue weighted by Gasteiger charge is -2.23. The third kappa shape index (κ3) is 10.00. The Morgan fingerprint density at radius 2 is 1.14 bits per heavy atom. The normalized spacial score (nSPS) is 14.6. The molecule has 29 heavy (non-hydrogen) atoms. The van der Waals surface area contributed by atoms with E-state index in [9.17, 15) is 28.8 Å². The molecule has 0 aliphatic carbocycles. The third-order valence-corrected chi connectivity index (χ3v) is 4.17. The van der Waals surface area contributed by atoms with Gasteiger partial charge in [-0.25, -0.2) is 4.79 Å². The van der Waals surface area contributed by atoms with Gasteiger partial charge in [-0.1, -0.05) is 0 Å². The van der Waals surface area contributed by atoms with Crippen LogP contribution < -0.4 is 33.2 Å². The molecule has 10 N–H and O–H groups in total. The first-order valence-electron chi connectivity index (χ1n) is 8.10. The summed E-state index contributed by atoms with van der Waals surface area (Å²) >= 11 is 7.79. The minimum atomic E-state index is -1.68. The molecule has 0 aliphatic rings. The molecule has 4 unspecified atom stereocenters. The van der Waals surface area contributed by atoms with E-state index in [1.54, 1.807) is 0 Å². The Morgan fingerprint density at radius 1 is 0.724 bits per heavy atom. The molecule has 164 valence electrons. The van der Waals surface area contributed by atoms with Crippen molar-refractivity contribution in [3.05, 3.63) is 0 Å². The van der Waals surface area contributed by atoms with E-state index in [0.29, 0.717) is 0 Å². The first-order valence-corrected chi connectivity index (χ1v) is 9.37. The number of nitrogens with one attached hydrogen (secondary N) is 3. The lowest BCUT2D eigenvalue weighted by Crippen LogP contribution is -2.58. The number of carboxylic acids is 1. The summed E-state index contributed by atoms with van der Waals surface area (Å²) in [4.78, 5) is 69.8. The lowest BCUT2D eigenvalue weighted by molar-refractivity contribution is -0.144. The van der Waals surface area contributed by atoms with Gasteiger partial charge in [-0.05, 0) is 0 Å². The summed E-state index contributed by atoms with van der Waals surface area (Å²) in [5.41, 5.74) is 15.5. The number of rotatable bonds is 13. The molecule has 0 saturated carbocycles. The molecule has 0 rings (SSSR count). The van der Waals surface area contributed by atoms with Gasteiger partial charge in [0.25, 0.3) is 0 Å². The van der Waals surface area contributed by atoms with Gasteiger partial charge in [-0.15, -0.1) is 0 Å². The molecular formula is C14H24N6O7S2. The van der Waals surface area contributed by atoms with Crippen molar-refractivity contribution in [2.24, 2.45) is 17.2 Å². The number of hydrogen-bond acceptors (Lipinski definition) is 9. The highest BCUT2D eigenvalue weighted by Gasteiger charge is 2.31. The van der Waals surface area contributed by atoms with E-state index in [-0.39, 0.29) is 11.5 Å². The van der Waals surface area contributed by atoms with E-state index in [0.717, 1.165) is 0 Å². The second kappa shape index (κ2) is 12.8. The summed E-state index contributed by atoms with van der Waals surface area (Å²) < 4.78 is 0. The van der Waals surface area contributed by atoms with Gasteiger partial charge in [0.05, 0.1) is 18.9 Å². The van der Waals surface area contributed by atoms with Crippen LogP contribution in [0.3, 0.4) is 0 Å². The van der Waals surface area contributed by atoms with Crippen LogP contribution in [0.25, 0.3) is 0 Å². The van der Waals surface area contributed by atoms with Crippen molar-refractivity contribution in [3.8, 4) is 0 Å². The molecular weight excluding hydrogens is 428 g/mol. The molecule has 0 aliphatic heterocycles. The van der Waals surface area contributed by atoms with Crippen LogP contribution in [0.15, 0.2) is 0 Å². The molecule has 13 nitrogen and oxygen atoms in total. The van der Waals surface area contributed by atoms with Crippen molar-refractivity contribution in [2.45, 2.75) is 37.0 Å². The average Bonchev–Trinajstić information content (AvgIpc) is 2.62. The standard InChI is InChI=1S/C14H24N6O7S2/c15-5(3-28)11(23)20-8(4-29)13(25)18-6(1-9(16)21)12(24)19-7(14(26)27)2-10(17)22/h5-8,28-29H,1-4,15H2,(H2,16,21)(H2,17,22)(H,18,25)(H,19,24)(H,20,23)(H,26,27). The zero-order chi connectivity index (χ0) is 22.7. The number of amides is 5. The van der Waals surface area contributed by atoms with Crippen LogP contribution in [-0.2, 0) is 28.8 Å². The van der Waals surface area contributed by atoms with Crippen molar-refractivity contribution in [1.82, 2.24) is 16.0 Å². The zero-order valence-electron chi connectivity index (χ0n) is 15.2. The number of carbonyl (C=O) groups excluding carboxylic acids is 5. The smallest absolute Gasteiger partial charge is 0.326 e. The molecule has 0 fully saturated rings. The maximum absolute atomic E-state index is 12.4. The van der Waals surface area contributed by atoms with Gasteiger partial charge in [0.2, 0.25) is 29.5 Å². The predicted molar refractivity (Wildman–Crippen MR) is 107 cm³/mol. The molecule has 0 aromatic carbocycles. The summed E-state index contributed by atoms with van der Waals surface area (Å²) in [6.45, 7) is 0. The summed E-state index contributed by atoms with van der Waals surface area (Å²) in [6, 6.07) is -5.47. The number of carboxylic acid groups (broad SMARTS) is 1. The number of carbonyl (C=O) groups is 6. The quantitative estimate of drug-likeness (QED) is 0.123. The van der Waals surface area contributed by atoms with Gasteiger partial charge in [0.1, 0.15) is 18.1 Å². The maximum atomic E-state index is 12.4. The Hall–Kier alpha value is -2.52. The van der Waals surface area contributed by atoms with Crippen molar-refractivity contribution in [1.29, 1.82) is 0 Å². The van der Waals surface area contributed by atoms with Gasteiger partial charge >= 0.3 is 5.97 Å². The topological polar surface area (TPSA) is 237 Å². The fraction of sp³-hybridized carbons (Fsp3) is 0.571.